The van der Waals surface area contributed by atoms with Gasteiger partial charge in [0.2, 0.25) is 5.91 Å². The molecule has 92 heavy (non-hydrogen) atoms. The quantitative estimate of drug-likeness (QED) is 0.0212. The van der Waals surface area contributed by atoms with E-state index in [4.69, 9.17) is 13.8 Å². The summed E-state index contributed by atoms with van der Waals surface area (Å²) < 4.78 is 30.5. The Kier molecular flexibility index (Phi) is 68.4. The Morgan fingerprint density at radius 1 is 0.380 bits per heavy atom. The maximum absolute atomic E-state index is 13.6. The largest absolute Gasteiger partial charge is 0.756 e. The number of likely N-dealkylation sites (N-methyl/N-ethyl adjacent to an activating group) is 1. The molecule has 10 heteroatoms. The molecule has 534 valence electrons. The highest BCUT2D eigenvalue weighted by molar-refractivity contribution is 7.45. The number of nitrogens with one attached hydrogen (secondary N) is 1. The third-order valence-electron chi connectivity index (χ3n) is 17.2. The zero-order valence-electron chi connectivity index (χ0n) is 61.2. The van der Waals surface area contributed by atoms with Crippen LogP contribution < -0.4 is 10.2 Å². The standard InChI is InChI=1S/C82H149N2O7P/c1-7-10-13-16-19-22-25-28-30-32-34-36-38-40-42-44-46-48-50-52-54-56-59-62-65-68-71-74-81(85)83-79(78-90-92(87,88)89-77-76-84(4,5)6)80(73-70-67-64-61-58-27-24-21-18-15-12-9-3)91-82(86)75-72-69-66-63-60-57-55-53-51-49-47-45-43-41-39-37-35-33-31-29-26-23-20-17-14-11-8-2/h19-20,22-23,28-31,34-37,40,42,70,73,79-80H,7-18,21,24-27,32-33,38-39,41,43-69,71-72,74-78H2,1-6H3,(H-,83,85,87,88)/b22-19-,23-20-,30-28-,31-29-,36-34-,37-35-,42-40-,73-70+. The molecular formula is C82H149N2O7P. The second-order valence-corrected chi connectivity index (χ2v) is 28.9. The van der Waals surface area contributed by atoms with Gasteiger partial charge in [0.1, 0.15) is 19.3 Å². The number of carbonyl (C=O) groups excluding carboxylic acids is 2. The lowest BCUT2D eigenvalue weighted by atomic mass is 10.0. The number of esters is 1. The summed E-state index contributed by atoms with van der Waals surface area (Å²) in [5, 5.41) is 3.05. The minimum absolute atomic E-state index is 0.0254. The topological polar surface area (TPSA) is 114 Å². The Morgan fingerprint density at radius 2 is 0.663 bits per heavy atom. The van der Waals surface area contributed by atoms with Gasteiger partial charge in [-0.15, -0.1) is 0 Å². The van der Waals surface area contributed by atoms with Crippen LogP contribution in [0.15, 0.2) is 97.2 Å². The van der Waals surface area contributed by atoms with Crippen molar-refractivity contribution < 1.29 is 37.3 Å². The Hall–Kier alpha value is -3.07. The Balaban J connectivity index is 4.96. The molecular weight excluding hydrogens is 1160 g/mol. The molecule has 0 heterocycles. The number of quaternary nitrogens is 1. The summed E-state index contributed by atoms with van der Waals surface area (Å²) in [5.41, 5.74) is 0. The maximum Gasteiger partial charge on any atom is 0.306 e. The van der Waals surface area contributed by atoms with E-state index >= 15 is 0 Å². The van der Waals surface area contributed by atoms with Crippen molar-refractivity contribution in [2.75, 3.05) is 40.9 Å². The van der Waals surface area contributed by atoms with Crippen LogP contribution in [-0.2, 0) is 27.9 Å². The van der Waals surface area contributed by atoms with E-state index in [0.29, 0.717) is 17.4 Å². The zero-order valence-corrected chi connectivity index (χ0v) is 62.1. The predicted octanol–water partition coefficient (Wildman–Crippen LogP) is 24.8. The number of carbonyl (C=O) groups is 2. The molecule has 3 atom stereocenters. The zero-order chi connectivity index (χ0) is 67.0. The molecule has 0 aliphatic rings. The highest BCUT2D eigenvalue weighted by Gasteiger charge is 2.27. The number of amides is 1. The van der Waals surface area contributed by atoms with Gasteiger partial charge in [0, 0.05) is 12.8 Å². The molecule has 1 N–H and O–H groups in total. The van der Waals surface area contributed by atoms with Crippen LogP contribution in [0.3, 0.4) is 0 Å². The van der Waals surface area contributed by atoms with Crippen molar-refractivity contribution in [3.63, 3.8) is 0 Å². The summed E-state index contributed by atoms with van der Waals surface area (Å²) in [5.74, 6) is -0.536. The van der Waals surface area contributed by atoms with Crippen LogP contribution in [-0.4, -0.2) is 69.4 Å². The number of allylic oxidation sites excluding steroid dienone is 15. The summed E-state index contributed by atoms with van der Waals surface area (Å²) in [6.45, 7) is 6.82. The van der Waals surface area contributed by atoms with Crippen LogP contribution >= 0.6 is 7.82 Å². The third-order valence-corrected chi connectivity index (χ3v) is 18.2. The van der Waals surface area contributed by atoms with Crippen molar-refractivity contribution in [1.29, 1.82) is 0 Å². The van der Waals surface area contributed by atoms with Gasteiger partial charge in [-0.1, -0.05) is 330 Å². The Morgan fingerprint density at radius 3 is 1.01 bits per heavy atom. The second-order valence-electron chi connectivity index (χ2n) is 27.5. The number of hydrogen-bond donors (Lipinski definition) is 1. The molecule has 0 bridgehead atoms. The molecule has 0 aromatic heterocycles. The summed E-state index contributed by atoms with van der Waals surface area (Å²) in [6, 6.07) is -0.896. The molecule has 0 rings (SSSR count). The van der Waals surface area contributed by atoms with Crippen LogP contribution in [0.5, 0.6) is 0 Å². The van der Waals surface area contributed by atoms with Gasteiger partial charge < -0.3 is 28.5 Å². The van der Waals surface area contributed by atoms with Crippen molar-refractivity contribution in [2.45, 2.75) is 373 Å². The predicted molar refractivity (Wildman–Crippen MR) is 399 cm³/mol. The lowest BCUT2D eigenvalue weighted by molar-refractivity contribution is -0.870. The molecule has 0 saturated carbocycles. The molecule has 0 saturated heterocycles. The molecule has 0 aromatic carbocycles. The summed E-state index contributed by atoms with van der Waals surface area (Å²) in [4.78, 5) is 40.3. The van der Waals surface area contributed by atoms with E-state index in [2.05, 4.69) is 111 Å². The summed E-state index contributed by atoms with van der Waals surface area (Å²) >= 11 is 0. The van der Waals surface area contributed by atoms with E-state index < -0.39 is 26.6 Å². The third kappa shape index (κ3) is 71.2. The lowest BCUT2D eigenvalue weighted by Crippen LogP contribution is -2.47. The molecule has 1 amide bonds. The first-order chi connectivity index (χ1) is 44.9. The van der Waals surface area contributed by atoms with Crippen LogP contribution in [0.2, 0.25) is 0 Å². The first-order valence-corrected chi connectivity index (χ1v) is 40.5. The number of rotatable bonds is 71. The molecule has 0 radical (unpaired) electrons. The van der Waals surface area contributed by atoms with E-state index in [1.165, 1.54) is 231 Å². The number of unbranched alkanes of at least 4 members (excludes halogenated alkanes) is 41. The van der Waals surface area contributed by atoms with Crippen molar-refractivity contribution in [2.24, 2.45) is 0 Å². The molecule has 0 spiro atoms. The van der Waals surface area contributed by atoms with Gasteiger partial charge in [-0.05, 0) is 115 Å². The van der Waals surface area contributed by atoms with Crippen molar-refractivity contribution in [3.8, 4) is 0 Å². The number of hydrogen-bond acceptors (Lipinski definition) is 7. The van der Waals surface area contributed by atoms with Gasteiger partial charge in [0.05, 0.1) is 33.8 Å². The van der Waals surface area contributed by atoms with Gasteiger partial charge >= 0.3 is 5.97 Å². The average molecular weight is 1310 g/mol. The summed E-state index contributed by atoms with van der Waals surface area (Å²) in [7, 11) is 1.18. The van der Waals surface area contributed by atoms with Crippen LogP contribution in [0.25, 0.3) is 0 Å². The number of ether oxygens (including phenoxy) is 1. The van der Waals surface area contributed by atoms with Crippen LogP contribution in [0.4, 0.5) is 0 Å². The molecule has 9 nitrogen and oxygen atoms in total. The fraction of sp³-hybridized carbons (Fsp3) is 0.780. The van der Waals surface area contributed by atoms with Crippen molar-refractivity contribution in [1.82, 2.24) is 5.32 Å². The lowest BCUT2D eigenvalue weighted by Gasteiger charge is -2.30. The first-order valence-electron chi connectivity index (χ1n) is 39.0. The fourth-order valence-electron chi connectivity index (χ4n) is 11.2. The molecule has 0 aromatic rings. The molecule has 0 aliphatic heterocycles. The van der Waals surface area contributed by atoms with Crippen LogP contribution in [0.1, 0.15) is 361 Å². The monoisotopic (exact) mass is 1310 g/mol. The van der Waals surface area contributed by atoms with Crippen molar-refractivity contribution >= 4 is 19.7 Å². The normalized spacial score (nSPS) is 13.9. The van der Waals surface area contributed by atoms with E-state index in [1.54, 1.807) is 0 Å². The average Bonchev–Trinajstić information content (AvgIpc) is 3.69. The second kappa shape index (κ2) is 70.7. The highest BCUT2D eigenvalue weighted by atomic mass is 31.2. The first kappa shape index (κ1) is 88.9. The van der Waals surface area contributed by atoms with Gasteiger partial charge in [0.15, 0.2) is 0 Å². The van der Waals surface area contributed by atoms with E-state index in [0.717, 1.165) is 96.3 Å². The number of phosphoric ester groups is 1. The van der Waals surface area contributed by atoms with Gasteiger partial charge in [-0.3, -0.25) is 14.2 Å². The van der Waals surface area contributed by atoms with Gasteiger partial charge in [-0.25, -0.2) is 0 Å². The maximum atomic E-state index is 13.6. The van der Waals surface area contributed by atoms with Gasteiger partial charge in [-0.2, -0.15) is 0 Å². The molecule has 0 aliphatic carbocycles. The number of nitrogens with zero attached hydrogens (tertiary/aromatic N) is 1. The SMILES string of the molecule is CCCCC/C=C\C/C=C\C/C=C\C/C=C\CCCCCCCCCCCCCC(=O)NC(COP(=O)([O-])OCC[N+](C)(C)C)C(/C=C/CCCCCCCCCCCC)OC(=O)CCCCCCCCCCCCCCCC/C=C\C/C=C\C/C=C\CCCCC. The minimum atomic E-state index is -4.71. The Bertz CT molecular complexity index is 1900. The Labute approximate surface area is 570 Å². The smallest absolute Gasteiger partial charge is 0.306 e. The van der Waals surface area contributed by atoms with E-state index in [-0.39, 0.29) is 24.9 Å². The van der Waals surface area contributed by atoms with E-state index in [9.17, 15) is 19.0 Å². The van der Waals surface area contributed by atoms with Crippen LogP contribution in [0, 0.1) is 0 Å². The minimum Gasteiger partial charge on any atom is -0.756 e. The number of phosphoric acid groups is 1. The molecule has 0 fully saturated rings. The van der Waals surface area contributed by atoms with E-state index in [1.807, 2.05) is 33.3 Å². The van der Waals surface area contributed by atoms with Gasteiger partial charge in [0.25, 0.3) is 7.82 Å². The highest BCUT2D eigenvalue weighted by Crippen LogP contribution is 2.38. The molecule has 3 unspecified atom stereocenters. The van der Waals surface area contributed by atoms with Crippen molar-refractivity contribution in [3.05, 3.63) is 97.2 Å². The summed E-state index contributed by atoms with van der Waals surface area (Å²) in [6.07, 6.45) is 96.8. The fourth-order valence-corrected chi connectivity index (χ4v) is 11.9.